The third kappa shape index (κ3) is 11.0. The molecule has 0 aromatic rings. The Morgan fingerprint density at radius 1 is 1.12 bits per heavy atom. The van der Waals surface area contributed by atoms with Crippen LogP contribution in [0.3, 0.4) is 0 Å². The van der Waals surface area contributed by atoms with Crippen molar-refractivity contribution in [2.24, 2.45) is 0 Å². The number of amides is 2. The molecule has 2 N–H and O–H groups in total. The van der Waals surface area contributed by atoms with E-state index in [1.165, 1.54) is 0 Å². The van der Waals surface area contributed by atoms with E-state index in [4.69, 9.17) is 4.74 Å². The molecule has 0 atom stereocenters. The molecule has 5 nitrogen and oxygen atoms in total. The van der Waals surface area contributed by atoms with Crippen LogP contribution in [0, 0.1) is 0 Å². The number of hydrogen-bond donors (Lipinski definition) is 2. The Hall–Kier alpha value is -1.26. The predicted molar refractivity (Wildman–Crippen MR) is 66.8 cm³/mol. The predicted octanol–water partition coefficient (Wildman–Crippen LogP) is 1.82. The van der Waals surface area contributed by atoms with Crippen LogP contribution in [-0.2, 0) is 9.53 Å². The maximum absolute atomic E-state index is 11.2. The molecule has 0 fully saturated rings. The van der Waals surface area contributed by atoms with Crippen molar-refractivity contribution >= 4 is 12.0 Å². The largest absolute Gasteiger partial charge is 0.444 e. The van der Waals surface area contributed by atoms with Gasteiger partial charge in [-0.2, -0.15) is 0 Å². The summed E-state index contributed by atoms with van der Waals surface area (Å²) in [6.07, 6.45) is 2.78. The second-order valence-electron chi connectivity index (χ2n) is 4.91. The first-order valence-corrected chi connectivity index (χ1v) is 6.02. The van der Waals surface area contributed by atoms with Gasteiger partial charge in [0.1, 0.15) is 5.60 Å². The van der Waals surface area contributed by atoms with E-state index < -0.39 is 5.60 Å². The molecule has 0 aliphatic heterocycles. The summed E-state index contributed by atoms with van der Waals surface area (Å²) in [5.74, 6) is 0.0603. The zero-order valence-corrected chi connectivity index (χ0v) is 11.3. The number of unbranched alkanes of at least 4 members (excludes halogenated alkanes) is 2. The van der Waals surface area contributed by atoms with Gasteiger partial charge in [-0.3, -0.25) is 4.79 Å². The molecule has 2 amide bonds. The highest BCUT2D eigenvalue weighted by molar-refractivity contribution is 5.75. The highest BCUT2D eigenvalue weighted by atomic mass is 16.6. The van der Waals surface area contributed by atoms with Crippen LogP contribution in [0.2, 0.25) is 0 Å². The summed E-state index contributed by atoms with van der Waals surface area (Å²) in [6.45, 7) is 6.07. The Bertz CT molecular complexity index is 247. The fourth-order valence-electron chi connectivity index (χ4n) is 1.22. The molecule has 0 aliphatic carbocycles. The normalized spacial score (nSPS) is 10.8. The molecule has 0 bridgehead atoms. The number of nitrogens with one attached hydrogen (secondary N) is 2. The van der Waals surface area contributed by atoms with Gasteiger partial charge in [-0.25, -0.2) is 4.79 Å². The molecule has 0 saturated heterocycles. The van der Waals surface area contributed by atoms with E-state index in [1.54, 1.807) is 7.05 Å². The first-order valence-electron chi connectivity index (χ1n) is 6.02. The average molecular weight is 244 g/mol. The summed E-state index contributed by atoms with van der Waals surface area (Å²) in [7, 11) is 1.63. The van der Waals surface area contributed by atoms with Crippen molar-refractivity contribution in [2.45, 2.75) is 52.1 Å². The van der Waals surface area contributed by atoms with Crippen molar-refractivity contribution in [1.82, 2.24) is 10.6 Å². The van der Waals surface area contributed by atoms with E-state index in [0.717, 1.165) is 19.3 Å². The SMILES string of the molecule is CNC(=O)CCCCCNC(=O)OC(C)(C)C. The zero-order chi connectivity index (χ0) is 13.3. The second kappa shape index (κ2) is 7.92. The van der Waals surface area contributed by atoms with Crippen LogP contribution in [0.1, 0.15) is 46.5 Å². The lowest BCUT2D eigenvalue weighted by molar-refractivity contribution is -0.120. The van der Waals surface area contributed by atoms with E-state index in [-0.39, 0.29) is 12.0 Å². The van der Waals surface area contributed by atoms with Crippen molar-refractivity contribution in [3.05, 3.63) is 0 Å². The summed E-state index contributed by atoms with van der Waals surface area (Å²) >= 11 is 0. The highest BCUT2D eigenvalue weighted by Gasteiger charge is 2.15. The monoisotopic (exact) mass is 244 g/mol. The van der Waals surface area contributed by atoms with Gasteiger partial charge >= 0.3 is 6.09 Å². The van der Waals surface area contributed by atoms with Crippen molar-refractivity contribution in [3.63, 3.8) is 0 Å². The molecular weight excluding hydrogens is 220 g/mol. The fourth-order valence-corrected chi connectivity index (χ4v) is 1.22. The minimum atomic E-state index is -0.455. The third-order valence-corrected chi connectivity index (χ3v) is 2.03. The van der Waals surface area contributed by atoms with E-state index in [1.807, 2.05) is 20.8 Å². The van der Waals surface area contributed by atoms with Gasteiger partial charge in [-0.15, -0.1) is 0 Å². The maximum atomic E-state index is 11.2. The van der Waals surface area contributed by atoms with Crippen LogP contribution in [0.5, 0.6) is 0 Å². The second-order valence-corrected chi connectivity index (χ2v) is 4.91. The number of ether oxygens (including phenoxy) is 1. The summed E-state index contributed by atoms with van der Waals surface area (Å²) in [6, 6.07) is 0. The molecule has 0 heterocycles. The average Bonchev–Trinajstić information content (AvgIpc) is 2.20. The van der Waals surface area contributed by atoms with Gasteiger partial charge in [0.2, 0.25) is 5.91 Å². The molecule has 0 aromatic heterocycles. The number of rotatable bonds is 6. The lowest BCUT2D eigenvalue weighted by Gasteiger charge is -2.19. The van der Waals surface area contributed by atoms with Gasteiger partial charge < -0.3 is 15.4 Å². The molecule has 0 aromatic carbocycles. The van der Waals surface area contributed by atoms with Gasteiger partial charge in [0.25, 0.3) is 0 Å². The van der Waals surface area contributed by atoms with Crippen LogP contribution < -0.4 is 10.6 Å². The lowest BCUT2D eigenvalue weighted by Crippen LogP contribution is -2.33. The molecule has 17 heavy (non-hydrogen) atoms. The number of hydrogen-bond acceptors (Lipinski definition) is 3. The van der Waals surface area contributed by atoms with Gasteiger partial charge in [-0.1, -0.05) is 6.42 Å². The Morgan fingerprint density at radius 2 is 1.76 bits per heavy atom. The molecule has 0 radical (unpaired) electrons. The smallest absolute Gasteiger partial charge is 0.407 e. The number of alkyl carbamates (subject to hydrolysis) is 1. The molecule has 5 heteroatoms. The first-order chi connectivity index (χ1) is 7.85. The molecule has 0 unspecified atom stereocenters. The quantitative estimate of drug-likeness (QED) is 0.700. The van der Waals surface area contributed by atoms with Crippen LogP contribution in [-0.4, -0.2) is 31.2 Å². The van der Waals surface area contributed by atoms with E-state index in [0.29, 0.717) is 13.0 Å². The molecular formula is C12H24N2O3. The maximum Gasteiger partial charge on any atom is 0.407 e. The summed E-state index contributed by atoms with van der Waals surface area (Å²) in [4.78, 5) is 22.2. The zero-order valence-electron chi connectivity index (χ0n) is 11.3. The fraction of sp³-hybridized carbons (Fsp3) is 0.833. The highest BCUT2D eigenvalue weighted by Crippen LogP contribution is 2.06. The lowest BCUT2D eigenvalue weighted by atomic mass is 10.2. The standard InChI is InChI=1S/C12H24N2O3/c1-12(2,3)17-11(16)14-9-7-5-6-8-10(15)13-4/h5-9H2,1-4H3,(H,13,15)(H,14,16). The van der Waals surface area contributed by atoms with Gasteiger partial charge in [0, 0.05) is 20.0 Å². The summed E-state index contributed by atoms with van der Waals surface area (Å²) in [5, 5.41) is 5.25. The van der Waals surface area contributed by atoms with Crippen LogP contribution in [0.15, 0.2) is 0 Å². The Morgan fingerprint density at radius 3 is 2.29 bits per heavy atom. The Balaban J connectivity index is 3.40. The molecule has 0 aliphatic rings. The summed E-state index contributed by atoms with van der Waals surface area (Å²) < 4.78 is 5.09. The van der Waals surface area contributed by atoms with Crippen LogP contribution >= 0.6 is 0 Å². The third-order valence-electron chi connectivity index (χ3n) is 2.03. The number of carbonyl (C=O) groups excluding carboxylic acids is 2. The van der Waals surface area contributed by atoms with Gasteiger partial charge in [0.15, 0.2) is 0 Å². The van der Waals surface area contributed by atoms with E-state index in [2.05, 4.69) is 10.6 Å². The molecule has 0 spiro atoms. The molecule has 0 rings (SSSR count). The summed E-state index contributed by atoms with van der Waals surface area (Å²) in [5.41, 5.74) is -0.455. The molecule has 0 saturated carbocycles. The van der Waals surface area contributed by atoms with Crippen molar-refractivity contribution in [2.75, 3.05) is 13.6 Å². The minimum absolute atomic E-state index is 0.0603. The molecule has 100 valence electrons. The van der Waals surface area contributed by atoms with Crippen molar-refractivity contribution in [1.29, 1.82) is 0 Å². The van der Waals surface area contributed by atoms with E-state index >= 15 is 0 Å². The van der Waals surface area contributed by atoms with Gasteiger partial charge in [0.05, 0.1) is 0 Å². The van der Waals surface area contributed by atoms with Crippen molar-refractivity contribution in [3.8, 4) is 0 Å². The Kier molecular flexibility index (Phi) is 7.34. The topological polar surface area (TPSA) is 67.4 Å². The Labute approximate surface area is 103 Å². The van der Waals surface area contributed by atoms with Crippen LogP contribution in [0.4, 0.5) is 4.79 Å². The van der Waals surface area contributed by atoms with Crippen molar-refractivity contribution < 1.29 is 14.3 Å². The number of carbonyl (C=O) groups is 2. The minimum Gasteiger partial charge on any atom is -0.444 e. The first kappa shape index (κ1) is 15.7. The van der Waals surface area contributed by atoms with Crippen LogP contribution in [0.25, 0.3) is 0 Å². The van der Waals surface area contributed by atoms with Gasteiger partial charge in [-0.05, 0) is 33.6 Å². The van der Waals surface area contributed by atoms with E-state index in [9.17, 15) is 9.59 Å².